The molecule has 3 nitrogen and oxygen atoms in total. The van der Waals surface area contributed by atoms with Gasteiger partial charge in [-0.3, -0.25) is 9.69 Å². The van der Waals surface area contributed by atoms with Crippen molar-refractivity contribution in [1.82, 2.24) is 4.98 Å². The van der Waals surface area contributed by atoms with Crippen molar-refractivity contribution in [3.8, 4) is 0 Å². The van der Waals surface area contributed by atoms with Gasteiger partial charge in [0.1, 0.15) is 5.82 Å². The molecule has 88 valence electrons. The fourth-order valence-electron chi connectivity index (χ4n) is 2.12. The van der Waals surface area contributed by atoms with Crippen LogP contribution in [-0.2, 0) is 4.79 Å². The number of nitrogens with zero attached hydrogens (tertiary/aromatic N) is 2. The summed E-state index contributed by atoms with van der Waals surface area (Å²) in [7, 11) is 1.75. The first-order valence-corrected chi connectivity index (χ1v) is 5.77. The summed E-state index contributed by atoms with van der Waals surface area (Å²) >= 11 is 0. The number of carbonyl (C=O) groups is 1. The van der Waals surface area contributed by atoms with Gasteiger partial charge in [-0.2, -0.15) is 0 Å². The number of benzene rings is 1. The third-order valence-electron chi connectivity index (χ3n) is 3.04. The van der Waals surface area contributed by atoms with E-state index in [1.165, 1.54) is 0 Å². The number of aromatic nitrogens is 1. The fourth-order valence-corrected chi connectivity index (χ4v) is 2.12. The van der Waals surface area contributed by atoms with Crippen LogP contribution in [0.15, 0.2) is 48.7 Å². The third kappa shape index (κ3) is 1.61. The maximum atomic E-state index is 12.2. The first-order valence-electron chi connectivity index (χ1n) is 5.77. The second-order valence-corrected chi connectivity index (χ2v) is 4.21. The third-order valence-corrected chi connectivity index (χ3v) is 3.04. The lowest BCUT2D eigenvalue weighted by molar-refractivity contribution is -0.112. The van der Waals surface area contributed by atoms with Gasteiger partial charge in [-0.1, -0.05) is 30.3 Å². The van der Waals surface area contributed by atoms with E-state index >= 15 is 0 Å². The normalized spacial score (nSPS) is 16.2. The highest BCUT2D eigenvalue weighted by Crippen LogP contribution is 2.34. The van der Waals surface area contributed by atoms with Crippen molar-refractivity contribution in [1.29, 1.82) is 0 Å². The molecule has 0 fully saturated rings. The Labute approximate surface area is 105 Å². The van der Waals surface area contributed by atoms with Gasteiger partial charge in [0.2, 0.25) is 0 Å². The zero-order valence-electron chi connectivity index (χ0n) is 10.00. The molecule has 0 bridgehead atoms. The maximum Gasteiger partial charge on any atom is 0.259 e. The molecule has 0 unspecified atom stereocenters. The van der Waals surface area contributed by atoms with Crippen LogP contribution in [0.25, 0.3) is 11.6 Å². The van der Waals surface area contributed by atoms with E-state index in [0.717, 1.165) is 16.9 Å². The molecule has 3 heteroatoms. The Morgan fingerprint density at radius 1 is 1.11 bits per heavy atom. The van der Waals surface area contributed by atoms with Gasteiger partial charge in [-0.05, 0) is 23.8 Å². The lowest BCUT2D eigenvalue weighted by Gasteiger charge is -2.06. The number of carbonyl (C=O) groups excluding carboxylic acids is 1. The smallest absolute Gasteiger partial charge is 0.259 e. The van der Waals surface area contributed by atoms with E-state index in [2.05, 4.69) is 4.98 Å². The number of amides is 1. The quantitative estimate of drug-likeness (QED) is 0.713. The summed E-state index contributed by atoms with van der Waals surface area (Å²) in [5, 5.41) is 0. The molecule has 0 saturated heterocycles. The molecular formula is C15H12N2O. The highest BCUT2D eigenvalue weighted by molar-refractivity contribution is 6.35. The standard InChI is InChI=1S/C15H12N2O/c1-17-14-12(8-5-9-16-14)13(15(17)18)10-11-6-3-2-4-7-11/h2-10H,1H3/b13-10-. The van der Waals surface area contributed by atoms with Gasteiger partial charge in [0.05, 0.1) is 5.57 Å². The molecule has 18 heavy (non-hydrogen) atoms. The van der Waals surface area contributed by atoms with Gasteiger partial charge in [0.15, 0.2) is 0 Å². The van der Waals surface area contributed by atoms with Crippen molar-refractivity contribution >= 4 is 23.4 Å². The molecule has 3 rings (SSSR count). The summed E-state index contributed by atoms with van der Waals surface area (Å²) in [6.45, 7) is 0. The van der Waals surface area contributed by atoms with Gasteiger partial charge in [-0.25, -0.2) is 4.98 Å². The highest BCUT2D eigenvalue weighted by Gasteiger charge is 2.30. The Kier molecular flexibility index (Phi) is 2.45. The van der Waals surface area contributed by atoms with Gasteiger partial charge < -0.3 is 0 Å². The van der Waals surface area contributed by atoms with Crippen molar-refractivity contribution in [3.05, 3.63) is 59.8 Å². The second-order valence-electron chi connectivity index (χ2n) is 4.21. The number of likely N-dealkylation sites (N-methyl/N-ethyl adjacent to an activating group) is 1. The van der Waals surface area contributed by atoms with E-state index in [1.807, 2.05) is 48.5 Å². The SMILES string of the molecule is CN1C(=O)/C(=C\c2ccccc2)c2cccnc21. The Morgan fingerprint density at radius 3 is 2.67 bits per heavy atom. The van der Waals surface area contributed by atoms with Crippen LogP contribution in [0.3, 0.4) is 0 Å². The van der Waals surface area contributed by atoms with Crippen LogP contribution in [0.1, 0.15) is 11.1 Å². The van der Waals surface area contributed by atoms with Gasteiger partial charge >= 0.3 is 0 Å². The largest absolute Gasteiger partial charge is 0.295 e. The zero-order valence-corrected chi connectivity index (χ0v) is 10.00. The van der Waals surface area contributed by atoms with E-state index in [0.29, 0.717) is 5.57 Å². The van der Waals surface area contributed by atoms with Crippen LogP contribution in [0, 0.1) is 0 Å². The molecule has 2 heterocycles. The van der Waals surface area contributed by atoms with Crippen molar-refractivity contribution in [2.45, 2.75) is 0 Å². The van der Waals surface area contributed by atoms with Crippen molar-refractivity contribution in [2.75, 3.05) is 11.9 Å². The lowest BCUT2D eigenvalue weighted by Crippen LogP contribution is -2.20. The van der Waals surface area contributed by atoms with E-state index < -0.39 is 0 Å². The Morgan fingerprint density at radius 2 is 1.89 bits per heavy atom. The average molecular weight is 236 g/mol. The van der Waals surface area contributed by atoms with Crippen LogP contribution in [0.5, 0.6) is 0 Å². The molecule has 0 spiro atoms. The number of anilines is 1. The second kappa shape index (κ2) is 4.11. The number of fused-ring (bicyclic) bond motifs is 1. The summed E-state index contributed by atoms with van der Waals surface area (Å²) in [4.78, 5) is 18.0. The van der Waals surface area contributed by atoms with Gasteiger partial charge in [-0.15, -0.1) is 0 Å². The van der Waals surface area contributed by atoms with E-state index in [-0.39, 0.29) is 5.91 Å². The number of pyridine rings is 1. The molecule has 1 amide bonds. The predicted octanol–water partition coefficient (Wildman–Crippen LogP) is 2.60. The molecule has 1 aromatic heterocycles. The first kappa shape index (κ1) is 10.7. The average Bonchev–Trinajstić information content (AvgIpc) is 2.66. The summed E-state index contributed by atoms with van der Waals surface area (Å²) in [6, 6.07) is 13.6. The molecule has 0 N–H and O–H groups in total. The summed E-state index contributed by atoms with van der Waals surface area (Å²) in [5.74, 6) is 0.720. The minimum absolute atomic E-state index is 0.00690. The monoisotopic (exact) mass is 236 g/mol. The molecular weight excluding hydrogens is 224 g/mol. The van der Waals surface area contributed by atoms with Crippen LogP contribution >= 0.6 is 0 Å². The molecule has 1 aromatic carbocycles. The molecule has 0 atom stereocenters. The Hall–Kier alpha value is -2.42. The van der Waals surface area contributed by atoms with E-state index in [4.69, 9.17) is 0 Å². The molecule has 1 aliphatic heterocycles. The minimum Gasteiger partial charge on any atom is -0.295 e. The zero-order chi connectivity index (χ0) is 12.5. The lowest BCUT2D eigenvalue weighted by atomic mass is 10.1. The van der Waals surface area contributed by atoms with Gasteiger partial charge in [0, 0.05) is 18.8 Å². The molecule has 2 aromatic rings. The first-order chi connectivity index (χ1) is 8.77. The molecule has 0 saturated carbocycles. The Balaban J connectivity index is 2.14. The summed E-state index contributed by atoms with van der Waals surface area (Å²) in [5.41, 5.74) is 2.62. The van der Waals surface area contributed by atoms with Gasteiger partial charge in [0.25, 0.3) is 5.91 Å². The number of hydrogen-bond donors (Lipinski definition) is 0. The van der Waals surface area contributed by atoms with Crippen LogP contribution < -0.4 is 4.90 Å². The highest BCUT2D eigenvalue weighted by atomic mass is 16.2. The van der Waals surface area contributed by atoms with Crippen LogP contribution in [0.4, 0.5) is 5.82 Å². The van der Waals surface area contributed by atoms with E-state index in [9.17, 15) is 4.79 Å². The summed E-state index contributed by atoms with van der Waals surface area (Å²) < 4.78 is 0. The Bertz CT molecular complexity index is 632. The number of hydrogen-bond acceptors (Lipinski definition) is 2. The molecule has 1 aliphatic rings. The molecule has 0 radical (unpaired) electrons. The van der Waals surface area contributed by atoms with Crippen LogP contribution in [0.2, 0.25) is 0 Å². The number of rotatable bonds is 1. The maximum absolute atomic E-state index is 12.2. The van der Waals surface area contributed by atoms with Crippen molar-refractivity contribution < 1.29 is 4.79 Å². The predicted molar refractivity (Wildman–Crippen MR) is 72.0 cm³/mol. The van der Waals surface area contributed by atoms with Crippen LogP contribution in [-0.4, -0.2) is 17.9 Å². The van der Waals surface area contributed by atoms with Crippen molar-refractivity contribution in [2.24, 2.45) is 0 Å². The topological polar surface area (TPSA) is 33.2 Å². The minimum atomic E-state index is -0.00690. The molecule has 0 aliphatic carbocycles. The summed E-state index contributed by atoms with van der Waals surface area (Å²) in [6.07, 6.45) is 3.61. The van der Waals surface area contributed by atoms with Crippen molar-refractivity contribution in [3.63, 3.8) is 0 Å². The fraction of sp³-hybridized carbons (Fsp3) is 0.0667. The van der Waals surface area contributed by atoms with E-state index in [1.54, 1.807) is 18.1 Å².